The van der Waals surface area contributed by atoms with Crippen LogP contribution in [0.3, 0.4) is 0 Å². The van der Waals surface area contributed by atoms with Crippen LogP contribution in [0.15, 0.2) is 42.6 Å². The highest BCUT2D eigenvalue weighted by Crippen LogP contribution is 2.27. The van der Waals surface area contributed by atoms with Crippen molar-refractivity contribution in [3.63, 3.8) is 0 Å². The summed E-state index contributed by atoms with van der Waals surface area (Å²) >= 11 is 0. The normalized spacial score (nSPS) is 12.3. The van der Waals surface area contributed by atoms with E-state index in [-0.39, 0.29) is 0 Å². The molecule has 2 aromatic rings. The number of ether oxygens (including phenoxy) is 1. The molecule has 0 amide bonds. The van der Waals surface area contributed by atoms with Gasteiger partial charge in [0.05, 0.1) is 7.11 Å². The Bertz CT molecular complexity index is 533. The van der Waals surface area contributed by atoms with E-state index in [4.69, 9.17) is 4.74 Å². The zero-order chi connectivity index (χ0) is 14.4. The smallest absolute Gasteiger partial charge is 0.123 e. The molecule has 1 aromatic carbocycles. The lowest BCUT2D eigenvalue weighted by Crippen LogP contribution is -2.22. The monoisotopic (exact) mass is 272 g/mol. The molecular formula is C17H24N2O. The van der Waals surface area contributed by atoms with Crippen molar-refractivity contribution in [2.24, 2.45) is 0 Å². The molecule has 0 aliphatic heterocycles. The van der Waals surface area contributed by atoms with Crippen LogP contribution in [-0.4, -0.2) is 11.7 Å². The fourth-order valence-corrected chi connectivity index (χ4v) is 2.57. The van der Waals surface area contributed by atoms with E-state index in [2.05, 4.69) is 54.2 Å². The van der Waals surface area contributed by atoms with Gasteiger partial charge in [-0.15, -0.1) is 0 Å². The first-order valence-electron chi connectivity index (χ1n) is 7.30. The summed E-state index contributed by atoms with van der Waals surface area (Å²) in [5.41, 5.74) is 2.55. The molecule has 3 nitrogen and oxygen atoms in total. The SMILES string of the molecule is CCC(NCc1cccn1CC)c1ccccc1OC. The molecule has 0 fully saturated rings. The molecule has 0 aliphatic rings. The number of aromatic nitrogens is 1. The lowest BCUT2D eigenvalue weighted by Gasteiger charge is -2.20. The maximum absolute atomic E-state index is 5.46. The third-order valence-electron chi connectivity index (χ3n) is 3.72. The van der Waals surface area contributed by atoms with Crippen LogP contribution in [0.5, 0.6) is 5.75 Å². The standard InChI is InChI=1S/C17H24N2O/c1-4-16(15-10-6-7-11-17(15)20-3)18-13-14-9-8-12-19(14)5-2/h6-12,16,18H,4-5,13H2,1-3H3. The predicted molar refractivity (Wildman–Crippen MR) is 83.0 cm³/mol. The van der Waals surface area contributed by atoms with Gasteiger partial charge in [0.2, 0.25) is 0 Å². The van der Waals surface area contributed by atoms with Crippen molar-refractivity contribution in [2.45, 2.75) is 39.4 Å². The minimum Gasteiger partial charge on any atom is -0.496 e. The summed E-state index contributed by atoms with van der Waals surface area (Å²) in [5.74, 6) is 0.956. The summed E-state index contributed by atoms with van der Waals surface area (Å²) in [6.07, 6.45) is 3.16. The van der Waals surface area contributed by atoms with E-state index in [0.717, 1.165) is 25.3 Å². The van der Waals surface area contributed by atoms with Crippen molar-refractivity contribution in [3.8, 4) is 5.75 Å². The van der Waals surface area contributed by atoms with Gasteiger partial charge < -0.3 is 14.6 Å². The average Bonchev–Trinajstić information content (AvgIpc) is 2.96. The van der Waals surface area contributed by atoms with Gasteiger partial charge in [-0.05, 0) is 31.5 Å². The van der Waals surface area contributed by atoms with E-state index in [1.54, 1.807) is 7.11 Å². The van der Waals surface area contributed by atoms with Crippen molar-refractivity contribution >= 4 is 0 Å². The number of nitrogens with one attached hydrogen (secondary N) is 1. The van der Waals surface area contributed by atoms with Crippen molar-refractivity contribution < 1.29 is 4.74 Å². The van der Waals surface area contributed by atoms with Crippen LogP contribution in [0, 0.1) is 0 Å². The van der Waals surface area contributed by atoms with Crippen molar-refractivity contribution in [1.29, 1.82) is 0 Å². The zero-order valence-corrected chi connectivity index (χ0v) is 12.6. The summed E-state index contributed by atoms with van der Waals surface area (Å²) in [6, 6.07) is 12.8. The molecular weight excluding hydrogens is 248 g/mol. The molecule has 108 valence electrons. The van der Waals surface area contributed by atoms with E-state index in [0.29, 0.717) is 6.04 Å². The van der Waals surface area contributed by atoms with Gasteiger partial charge in [-0.2, -0.15) is 0 Å². The van der Waals surface area contributed by atoms with Gasteiger partial charge >= 0.3 is 0 Å². The van der Waals surface area contributed by atoms with Gasteiger partial charge in [0.25, 0.3) is 0 Å². The van der Waals surface area contributed by atoms with Gasteiger partial charge in [0.1, 0.15) is 5.75 Å². The number of hydrogen-bond acceptors (Lipinski definition) is 2. The highest BCUT2D eigenvalue weighted by atomic mass is 16.5. The Kier molecular flexibility index (Phi) is 5.24. The number of para-hydroxylation sites is 1. The second kappa shape index (κ2) is 7.15. The van der Waals surface area contributed by atoms with Crippen molar-refractivity contribution in [1.82, 2.24) is 9.88 Å². The molecule has 0 radical (unpaired) electrons. The Hall–Kier alpha value is -1.74. The average molecular weight is 272 g/mol. The lowest BCUT2D eigenvalue weighted by atomic mass is 10.0. The van der Waals surface area contributed by atoms with Crippen LogP contribution in [0.25, 0.3) is 0 Å². The van der Waals surface area contributed by atoms with Gasteiger partial charge in [-0.1, -0.05) is 25.1 Å². The van der Waals surface area contributed by atoms with Crippen LogP contribution in [0.1, 0.15) is 37.6 Å². The number of nitrogens with zero attached hydrogens (tertiary/aromatic N) is 1. The molecule has 20 heavy (non-hydrogen) atoms. The van der Waals surface area contributed by atoms with Crippen LogP contribution < -0.4 is 10.1 Å². The Balaban J connectivity index is 2.09. The van der Waals surface area contributed by atoms with Crippen LogP contribution in [0.2, 0.25) is 0 Å². The molecule has 0 bridgehead atoms. The minimum atomic E-state index is 0.311. The minimum absolute atomic E-state index is 0.311. The summed E-state index contributed by atoms with van der Waals surface area (Å²) in [4.78, 5) is 0. The first-order valence-corrected chi connectivity index (χ1v) is 7.30. The van der Waals surface area contributed by atoms with Gasteiger partial charge in [0, 0.05) is 36.6 Å². The molecule has 1 aromatic heterocycles. The summed E-state index contributed by atoms with van der Waals surface area (Å²) in [6.45, 7) is 6.25. The molecule has 0 saturated carbocycles. The summed E-state index contributed by atoms with van der Waals surface area (Å²) in [7, 11) is 1.73. The van der Waals surface area contributed by atoms with Crippen LogP contribution in [0.4, 0.5) is 0 Å². The van der Waals surface area contributed by atoms with Crippen LogP contribution in [-0.2, 0) is 13.1 Å². The fourth-order valence-electron chi connectivity index (χ4n) is 2.57. The van der Waals surface area contributed by atoms with Gasteiger partial charge in [-0.25, -0.2) is 0 Å². The summed E-state index contributed by atoms with van der Waals surface area (Å²) < 4.78 is 7.73. The van der Waals surface area contributed by atoms with Crippen molar-refractivity contribution in [3.05, 3.63) is 53.9 Å². The molecule has 3 heteroatoms. The Morgan fingerprint density at radius 3 is 2.65 bits per heavy atom. The van der Waals surface area contributed by atoms with Crippen molar-refractivity contribution in [2.75, 3.05) is 7.11 Å². The van der Waals surface area contributed by atoms with E-state index in [1.165, 1.54) is 11.3 Å². The second-order valence-electron chi connectivity index (χ2n) is 4.87. The molecule has 0 saturated heterocycles. The lowest BCUT2D eigenvalue weighted by molar-refractivity contribution is 0.395. The third-order valence-corrected chi connectivity index (χ3v) is 3.72. The molecule has 0 spiro atoms. The van der Waals surface area contributed by atoms with Crippen LogP contribution >= 0.6 is 0 Å². The topological polar surface area (TPSA) is 26.2 Å². The Morgan fingerprint density at radius 2 is 1.95 bits per heavy atom. The molecule has 2 rings (SSSR count). The first kappa shape index (κ1) is 14.7. The maximum Gasteiger partial charge on any atom is 0.123 e. The fraction of sp³-hybridized carbons (Fsp3) is 0.412. The first-order chi connectivity index (χ1) is 9.80. The van der Waals surface area contributed by atoms with E-state index >= 15 is 0 Å². The number of benzene rings is 1. The van der Waals surface area contributed by atoms with Gasteiger partial charge in [-0.3, -0.25) is 0 Å². The molecule has 1 unspecified atom stereocenters. The van der Waals surface area contributed by atoms with E-state index in [1.807, 2.05) is 12.1 Å². The third kappa shape index (κ3) is 3.23. The predicted octanol–water partition coefficient (Wildman–Crippen LogP) is 3.76. The number of hydrogen-bond donors (Lipinski definition) is 1. The number of methoxy groups -OCH3 is 1. The highest BCUT2D eigenvalue weighted by molar-refractivity contribution is 5.35. The Labute approximate surface area is 121 Å². The second-order valence-corrected chi connectivity index (χ2v) is 4.87. The number of rotatable bonds is 7. The Morgan fingerprint density at radius 1 is 1.15 bits per heavy atom. The van der Waals surface area contributed by atoms with E-state index in [9.17, 15) is 0 Å². The maximum atomic E-state index is 5.46. The quantitative estimate of drug-likeness (QED) is 0.830. The van der Waals surface area contributed by atoms with E-state index < -0.39 is 0 Å². The zero-order valence-electron chi connectivity index (χ0n) is 12.6. The molecule has 1 atom stereocenters. The summed E-state index contributed by atoms with van der Waals surface area (Å²) in [5, 5.41) is 3.64. The molecule has 1 N–H and O–H groups in total. The largest absolute Gasteiger partial charge is 0.496 e. The number of aryl methyl sites for hydroxylation is 1. The van der Waals surface area contributed by atoms with Gasteiger partial charge in [0.15, 0.2) is 0 Å². The molecule has 1 heterocycles. The molecule has 0 aliphatic carbocycles. The highest BCUT2D eigenvalue weighted by Gasteiger charge is 2.13.